The third kappa shape index (κ3) is 4.92. The van der Waals surface area contributed by atoms with Crippen LogP contribution in [0.2, 0.25) is 5.02 Å². The lowest BCUT2D eigenvalue weighted by Crippen LogP contribution is -2.36. The number of nitrogens with zero attached hydrogens (tertiary/aromatic N) is 5. The fourth-order valence-corrected chi connectivity index (χ4v) is 3.86. The third-order valence-corrected chi connectivity index (χ3v) is 5.88. The molecule has 0 amide bonds. The number of ether oxygens (including phenoxy) is 1. The summed E-state index contributed by atoms with van der Waals surface area (Å²) in [5.41, 5.74) is -5.61. The van der Waals surface area contributed by atoms with Gasteiger partial charge in [0.15, 0.2) is 25.3 Å². The summed E-state index contributed by atoms with van der Waals surface area (Å²) >= 11 is 6.21. The zero-order chi connectivity index (χ0) is 28.2. The second-order valence-corrected chi connectivity index (χ2v) is 9.40. The molecule has 0 spiro atoms. The first-order chi connectivity index (χ1) is 17.6. The number of aryl methyl sites for hydroxylation is 2. The molecule has 1 atom stereocenters. The second kappa shape index (κ2) is 9.57. The fourth-order valence-electron chi connectivity index (χ4n) is 3.68. The number of pyridine rings is 3. The van der Waals surface area contributed by atoms with Crippen molar-refractivity contribution < 1.29 is 28.1 Å². The molecule has 0 saturated heterocycles. The molecule has 2 radical (unpaired) electrons. The molecule has 0 aliphatic heterocycles. The van der Waals surface area contributed by atoms with Gasteiger partial charge in [0.1, 0.15) is 27.9 Å². The fraction of sp³-hybridized carbons (Fsp3) is 0.250. The van der Waals surface area contributed by atoms with E-state index in [1.165, 1.54) is 52.2 Å². The van der Waals surface area contributed by atoms with E-state index >= 15 is 4.39 Å². The Morgan fingerprint density at radius 3 is 2.39 bits per heavy atom. The Hall–Kier alpha value is -3.68. The number of hydrogen-bond acceptors (Lipinski definition) is 7. The molecule has 9 nitrogen and oxygen atoms in total. The van der Waals surface area contributed by atoms with Crippen LogP contribution in [0.4, 0.5) is 13.2 Å². The number of aromatic nitrogens is 5. The molecule has 0 saturated carbocycles. The van der Waals surface area contributed by atoms with Gasteiger partial charge in [-0.1, -0.05) is 11.6 Å². The van der Waals surface area contributed by atoms with Crippen LogP contribution in [0.15, 0.2) is 41.6 Å². The molecule has 0 bridgehead atoms. The zero-order valence-electron chi connectivity index (χ0n) is 20.5. The summed E-state index contributed by atoms with van der Waals surface area (Å²) in [4.78, 5) is 20.8. The van der Waals surface area contributed by atoms with E-state index in [0.29, 0.717) is 12.3 Å². The SMILES string of the molecule is [B]C(O)(Oc1cc(C)n(-c2c(C)cnc(-n3ccc(C(C)(C)O)n3)c2F)c(=O)c1Cl)c1ncc(F)cc1F. The second-order valence-electron chi connectivity index (χ2n) is 9.02. The first-order valence-electron chi connectivity index (χ1n) is 11.0. The predicted molar refractivity (Wildman–Crippen MR) is 131 cm³/mol. The summed E-state index contributed by atoms with van der Waals surface area (Å²) in [6.07, 6.45) is 3.34. The van der Waals surface area contributed by atoms with Gasteiger partial charge in [0.05, 0.1) is 17.6 Å². The highest BCUT2D eigenvalue weighted by Crippen LogP contribution is 2.31. The predicted octanol–water partition coefficient (Wildman–Crippen LogP) is 3.08. The van der Waals surface area contributed by atoms with Gasteiger partial charge < -0.3 is 14.9 Å². The average Bonchev–Trinajstić information content (AvgIpc) is 3.29. The van der Waals surface area contributed by atoms with Crippen molar-refractivity contribution in [2.24, 2.45) is 0 Å². The molecule has 38 heavy (non-hydrogen) atoms. The van der Waals surface area contributed by atoms with Crippen molar-refractivity contribution in [1.29, 1.82) is 0 Å². The van der Waals surface area contributed by atoms with E-state index in [-0.39, 0.29) is 28.5 Å². The highest BCUT2D eigenvalue weighted by Gasteiger charge is 2.32. The van der Waals surface area contributed by atoms with Crippen LogP contribution in [-0.4, -0.2) is 42.4 Å². The minimum atomic E-state index is -2.93. The van der Waals surface area contributed by atoms with E-state index < -0.39 is 50.8 Å². The topological polar surface area (TPSA) is 115 Å². The summed E-state index contributed by atoms with van der Waals surface area (Å²) in [5.74, 6) is -3.95. The van der Waals surface area contributed by atoms with Crippen LogP contribution in [0, 0.1) is 31.3 Å². The van der Waals surface area contributed by atoms with Crippen molar-refractivity contribution >= 4 is 19.4 Å². The maximum atomic E-state index is 15.8. The number of hydrogen-bond donors (Lipinski definition) is 2. The van der Waals surface area contributed by atoms with Crippen molar-refractivity contribution in [2.75, 3.05) is 0 Å². The molecular formula is C24H20BClF3N5O4. The number of halogens is 4. The van der Waals surface area contributed by atoms with E-state index in [9.17, 15) is 23.8 Å². The Labute approximate surface area is 220 Å². The van der Waals surface area contributed by atoms with Gasteiger partial charge in [-0.2, -0.15) is 5.10 Å². The van der Waals surface area contributed by atoms with Gasteiger partial charge in [-0.25, -0.2) is 27.8 Å². The maximum absolute atomic E-state index is 15.8. The minimum absolute atomic E-state index is 0.0922. The number of rotatable bonds is 6. The van der Waals surface area contributed by atoms with Gasteiger partial charge in [-0.3, -0.25) is 9.36 Å². The van der Waals surface area contributed by atoms with Gasteiger partial charge in [0.25, 0.3) is 5.56 Å². The summed E-state index contributed by atoms with van der Waals surface area (Å²) < 4.78 is 50.4. The van der Waals surface area contributed by atoms with Gasteiger partial charge in [-0.15, -0.1) is 0 Å². The van der Waals surface area contributed by atoms with E-state index in [1.54, 1.807) is 0 Å². The monoisotopic (exact) mass is 545 g/mol. The van der Waals surface area contributed by atoms with Crippen LogP contribution in [0.1, 0.15) is 36.5 Å². The Bertz CT molecular complexity index is 1620. The molecule has 4 aromatic rings. The minimum Gasteiger partial charge on any atom is -0.465 e. The van der Waals surface area contributed by atoms with Crippen LogP contribution in [0.3, 0.4) is 0 Å². The molecular weight excluding hydrogens is 526 g/mol. The van der Waals surface area contributed by atoms with Gasteiger partial charge in [0.2, 0.25) is 5.69 Å². The van der Waals surface area contributed by atoms with Crippen LogP contribution in [0.5, 0.6) is 5.75 Å². The molecule has 14 heteroatoms. The normalized spacial score (nSPS) is 13.4. The van der Waals surface area contributed by atoms with Crippen LogP contribution in [-0.2, 0) is 11.3 Å². The number of aliphatic hydroxyl groups is 2. The molecule has 2 N–H and O–H groups in total. The van der Waals surface area contributed by atoms with Crippen molar-refractivity contribution in [3.8, 4) is 17.3 Å². The Morgan fingerprint density at radius 2 is 1.79 bits per heavy atom. The molecule has 4 rings (SSSR count). The Balaban J connectivity index is 1.81. The summed E-state index contributed by atoms with van der Waals surface area (Å²) in [7, 11) is 5.65. The molecule has 0 aliphatic carbocycles. The lowest BCUT2D eigenvalue weighted by molar-refractivity contribution is -0.0736. The summed E-state index contributed by atoms with van der Waals surface area (Å²) in [6, 6.07) is 3.10. The Morgan fingerprint density at radius 1 is 1.11 bits per heavy atom. The molecule has 0 fully saturated rings. The molecule has 4 aromatic heterocycles. The molecule has 1 unspecified atom stereocenters. The van der Waals surface area contributed by atoms with Gasteiger partial charge in [-0.05, 0) is 39.3 Å². The summed E-state index contributed by atoms with van der Waals surface area (Å²) in [6.45, 7) is 5.98. The van der Waals surface area contributed by atoms with Gasteiger partial charge >= 0.3 is 0 Å². The van der Waals surface area contributed by atoms with Crippen molar-refractivity contribution in [2.45, 2.75) is 39.0 Å². The average molecular weight is 546 g/mol. The third-order valence-electron chi connectivity index (χ3n) is 5.53. The molecule has 196 valence electrons. The van der Waals surface area contributed by atoms with Crippen LogP contribution in [0.25, 0.3) is 11.5 Å². The quantitative estimate of drug-likeness (QED) is 0.283. The lowest BCUT2D eigenvalue weighted by Gasteiger charge is -2.26. The standard InChI is InChI=1S/C24H20BClF3N5O4/c1-11-9-31-21(33-6-5-16(32-33)23(3,4)36)18(29)19(11)34-12(2)7-15(17(26)22(34)35)38-24(25,37)20-14(28)8-13(27)10-30-20/h5-10,36-37H,1-4H3. The lowest BCUT2D eigenvalue weighted by atomic mass is 9.90. The zero-order valence-corrected chi connectivity index (χ0v) is 21.3. The van der Waals surface area contributed by atoms with Crippen molar-refractivity contribution in [3.05, 3.63) is 92.3 Å². The molecule has 0 aliphatic rings. The van der Waals surface area contributed by atoms with Crippen molar-refractivity contribution in [3.63, 3.8) is 0 Å². The van der Waals surface area contributed by atoms with E-state index in [0.717, 1.165) is 9.25 Å². The van der Waals surface area contributed by atoms with E-state index in [2.05, 4.69) is 15.1 Å². The smallest absolute Gasteiger partial charge is 0.278 e. The highest BCUT2D eigenvalue weighted by atomic mass is 35.5. The maximum Gasteiger partial charge on any atom is 0.278 e. The van der Waals surface area contributed by atoms with Crippen LogP contribution < -0.4 is 10.3 Å². The first kappa shape index (κ1) is 27.4. The van der Waals surface area contributed by atoms with E-state index in [1.807, 2.05) is 0 Å². The first-order valence-corrected chi connectivity index (χ1v) is 11.4. The largest absolute Gasteiger partial charge is 0.465 e. The van der Waals surface area contributed by atoms with Crippen LogP contribution >= 0.6 is 11.6 Å². The molecule has 0 aromatic carbocycles. The van der Waals surface area contributed by atoms with E-state index in [4.69, 9.17) is 24.2 Å². The highest BCUT2D eigenvalue weighted by molar-refractivity contribution is 6.32. The molecule has 4 heterocycles. The summed E-state index contributed by atoms with van der Waals surface area (Å²) in [5, 5.41) is 24.2. The van der Waals surface area contributed by atoms with Gasteiger partial charge in [0, 0.05) is 30.2 Å². The van der Waals surface area contributed by atoms with Crippen molar-refractivity contribution in [1.82, 2.24) is 24.3 Å². The Kier molecular flexibility index (Phi) is 6.89.